The Hall–Kier alpha value is -2.80. The first-order valence-corrected chi connectivity index (χ1v) is 7.51. The van der Waals surface area contributed by atoms with E-state index in [4.69, 9.17) is 22.1 Å². The molecule has 1 aromatic heterocycles. The first kappa shape index (κ1) is 17.6. The predicted molar refractivity (Wildman–Crippen MR) is 90.8 cm³/mol. The number of ether oxygens (including phenoxy) is 1. The second-order valence-corrected chi connectivity index (χ2v) is 5.42. The van der Waals surface area contributed by atoms with Gasteiger partial charge in [-0.05, 0) is 31.2 Å². The van der Waals surface area contributed by atoms with E-state index < -0.39 is 18.0 Å². The average molecular weight is 349 g/mol. The van der Waals surface area contributed by atoms with E-state index in [0.717, 1.165) is 5.56 Å². The largest absolute Gasteiger partial charge is 0.487 e. The number of carbonyl (C=O) groups is 2. The predicted octanol–water partition coefficient (Wildman–Crippen LogP) is 2.31. The average Bonchev–Trinajstić information content (AvgIpc) is 2.54. The fourth-order valence-electron chi connectivity index (χ4n) is 1.90. The van der Waals surface area contributed by atoms with Gasteiger partial charge < -0.3 is 15.8 Å². The summed E-state index contributed by atoms with van der Waals surface area (Å²) >= 11 is 6.19. The number of aromatic nitrogens is 1. The van der Waals surface area contributed by atoms with E-state index in [1.165, 1.54) is 0 Å². The van der Waals surface area contributed by atoms with Gasteiger partial charge in [0.05, 0.1) is 5.02 Å². The van der Waals surface area contributed by atoms with Crippen molar-refractivity contribution in [3.05, 3.63) is 53.3 Å². The lowest BCUT2D eigenvalue weighted by Crippen LogP contribution is -2.43. The molecule has 0 bridgehead atoms. The standard InChI is InChI=1S/C16H17ClN4O3/c1-10(15(22)21-16(18)23)20-12-4-5-14(13(17)7-12)24-9-11-3-2-6-19-8-11/h2-8,10,20H,9H2,1H3,(H3,18,21,22,23)/t10-/m0/s1. The number of pyridine rings is 1. The highest BCUT2D eigenvalue weighted by Gasteiger charge is 2.14. The molecule has 0 aliphatic rings. The van der Waals surface area contributed by atoms with Crippen LogP contribution in [0, 0.1) is 0 Å². The molecule has 0 unspecified atom stereocenters. The lowest BCUT2D eigenvalue weighted by Gasteiger charge is -2.15. The number of carbonyl (C=O) groups excluding carboxylic acids is 2. The van der Waals surface area contributed by atoms with Crippen LogP contribution < -0.4 is 21.1 Å². The van der Waals surface area contributed by atoms with Crippen LogP contribution >= 0.6 is 11.6 Å². The number of rotatable bonds is 6. The minimum Gasteiger partial charge on any atom is -0.487 e. The van der Waals surface area contributed by atoms with Gasteiger partial charge in [0, 0.05) is 23.6 Å². The van der Waals surface area contributed by atoms with Gasteiger partial charge in [0.2, 0.25) is 5.91 Å². The summed E-state index contributed by atoms with van der Waals surface area (Å²) in [5.41, 5.74) is 6.44. The zero-order chi connectivity index (χ0) is 17.5. The van der Waals surface area contributed by atoms with E-state index in [1.54, 1.807) is 37.5 Å². The van der Waals surface area contributed by atoms with Crippen LogP contribution in [0.25, 0.3) is 0 Å². The lowest BCUT2D eigenvalue weighted by molar-refractivity contribution is -0.120. The van der Waals surface area contributed by atoms with E-state index in [1.807, 2.05) is 17.4 Å². The molecule has 4 N–H and O–H groups in total. The molecule has 24 heavy (non-hydrogen) atoms. The molecular weight excluding hydrogens is 332 g/mol. The van der Waals surface area contributed by atoms with Gasteiger partial charge in [-0.1, -0.05) is 17.7 Å². The van der Waals surface area contributed by atoms with E-state index in [0.29, 0.717) is 23.1 Å². The molecule has 0 aliphatic carbocycles. The smallest absolute Gasteiger partial charge is 0.318 e. The van der Waals surface area contributed by atoms with Crippen LogP contribution in [0.3, 0.4) is 0 Å². The Morgan fingerprint density at radius 1 is 1.38 bits per heavy atom. The van der Waals surface area contributed by atoms with Crippen LogP contribution in [0.1, 0.15) is 12.5 Å². The molecule has 1 atom stereocenters. The minimum absolute atomic E-state index is 0.345. The third-order valence-corrected chi connectivity index (χ3v) is 3.37. The zero-order valence-corrected chi connectivity index (χ0v) is 13.7. The first-order valence-electron chi connectivity index (χ1n) is 7.14. The Morgan fingerprint density at radius 3 is 2.79 bits per heavy atom. The Kier molecular flexibility index (Phi) is 5.97. The number of nitrogens with two attached hydrogens (primary N) is 1. The summed E-state index contributed by atoms with van der Waals surface area (Å²) in [5, 5.41) is 5.31. The summed E-state index contributed by atoms with van der Waals surface area (Å²) in [6, 6.07) is 7.22. The topological polar surface area (TPSA) is 106 Å². The van der Waals surface area contributed by atoms with Crippen molar-refractivity contribution in [2.75, 3.05) is 5.32 Å². The van der Waals surface area contributed by atoms with E-state index in [-0.39, 0.29) is 0 Å². The number of nitrogens with one attached hydrogen (secondary N) is 2. The molecular formula is C16H17ClN4O3. The Balaban J connectivity index is 1.96. The SMILES string of the molecule is C[C@H](Nc1ccc(OCc2cccnc2)c(Cl)c1)C(=O)NC(N)=O. The van der Waals surface area contributed by atoms with Crippen LogP contribution in [0.2, 0.25) is 5.02 Å². The minimum atomic E-state index is -0.897. The number of imide groups is 1. The summed E-state index contributed by atoms with van der Waals surface area (Å²) < 4.78 is 5.64. The van der Waals surface area contributed by atoms with E-state index in [9.17, 15) is 9.59 Å². The molecule has 0 saturated heterocycles. The second-order valence-electron chi connectivity index (χ2n) is 5.01. The van der Waals surface area contributed by atoms with Crippen molar-refractivity contribution >= 4 is 29.2 Å². The number of amides is 3. The van der Waals surface area contributed by atoms with Gasteiger partial charge in [-0.2, -0.15) is 0 Å². The first-order chi connectivity index (χ1) is 11.5. The van der Waals surface area contributed by atoms with Crippen molar-refractivity contribution in [2.24, 2.45) is 5.73 Å². The van der Waals surface area contributed by atoms with Gasteiger partial charge in [0.25, 0.3) is 0 Å². The van der Waals surface area contributed by atoms with Gasteiger partial charge in [0.1, 0.15) is 18.4 Å². The van der Waals surface area contributed by atoms with Crippen LogP contribution in [-0.4, -0.2) is 23.0 Å². The molecule has 126 valence electrons. The van der Waals surface area contributed by atoms with Crippen LogP contribution in [0.5, 0.6) is 5.75 Å². The molecule has 3 amide bonds. The number of nitrogens with zero attached hydrogens (tertiary/aromatic N) is 1. The third kappa shape index (κ3) is 5.13. The highest BCUT2D eigenvalue weighted by molar-refractivity contribution is 6.32. The molecule has 8 heteroatoms. The van der Waals surface area contributed by atoms with Crippen molar-refractivity contribution in [3.8, 4) is 5.75 Å². The van der Waals surface area contributed by atoms with Crippen LogP contribution in [0.4, 0.5) is 10.5 Å². The maximum Gasteiger partial charge on any atom is 0.318 e. The van der Waals surface area contributed by atoms with Crippen molar-refractivity contribution in [1.29, 1.82) is 0 Å². The fourth-order valence-corrected chi connectivity index (χ4v) is 2.13. The maximum atomic E-state index is 11.6. The van der Waals surface area contributed by atoms with Crippen molar-refractivity contribution in [1.82, 2.24) is 10.3 Å². The molecule has 2 rings (SSSR count). The van der Waals surface area contributed by atoms with Crippen LogP contribution in [-0.2, 0) is 11.4 Å². The summed E-state index contributed by atoms with van der Waals surface area (Å²) in [4.78, 5) is 26.3. The summed E-state index contributed by atoms with van der Waals surface area (Å²) in [5.74, 6) is -0.0177. The lowest BCUT2D eigenvalue weighted by atomic mass is 10.2. The molecule has 0 radical (unpaired) electrons. The quantitative estimate of drug-likeness (QED) is 0.742. The van der Waals surface area contributed by atoms with Crippen LogP contribution in [0.15, 0.2) is 42.7 Å². The molecule has 0 fully saturated rings. The molecule has 0 aliphatic heterocycles. The van der Waals surface area contributed by atoms with E-state index >= 15 is 0 Å². The maximum absolute atomic E-state index is 11.6. The Morgan fingerprint density at radius 2 is 2.17 bits per heavy atom. The second kappa shape index (κ2) is 8.16. The highest BCUT2D eigenvalue weighted by Crippen LogP contribution is 2.28. The summed E-state index contributed by atoms with van der Waals surface area (Å²) in [6.45, 7) is 1.94. The number of anilines is 1. The normalized spacial score (nSPS) is 11.4. The number of benzene rings is 1. The van der Waals surface area contributed by atoms with Gasteiger partial charge in [-0.3, -0.25) is 15.1 Å². The van der Waals surface area contributed by atoms with Crippen molar-refractivity contribution in [2.45, 2.75) is 19.6 Å². The van der Waals surface area contributed by atoms with Gasteiger partial charge in [-0.15, -0.1) is 0 Å². The van der Waals surface area contributed by atoms with Gasteiger partial charge in [0.15, 0.2) is 0 Å². The Bertz CT molecular complexity index is 725. The number of urea groups is 1. The number of hydrogen-bond acceptors (Lipinski definition) is 5. The molecule has 0 spiro atoms. The van der Waals surface area contributed by atoms with E-state index in [2.05, 4.69) is 10.3 Å². The molecule has 1 heterocycles. The van der Waals surface area contributed by atoms with Crippen molar-refractivity contribution in [3.63, 3.8) is 0 Å². The monoisotopic (exact) mass is 348 g/mol. The van der Waals surface area contributed by atoms with Crippen molar-refractivity contribution < 1.29 is 14.3 Å². The molecule has 0 saturated carbocycles. The number of halogens is 1. The molecule has 7 nitrogen and oxygen atoms in total. The van der Waals surface area contributed by atoms with Gasteiger partial charge in [-0.25, -0.2) is 4.79 Å². The fraction of sp³-hybridized carbons (Fsp3) is 0.188. The summed E-state index contributed by atoms with van der Waals surface area (Å²) in [6.07, 6.45) is 3.40. The van der Waals surface area contributed by atoms with Gasteiger partial charge >= 0.3 is 6.03 Å². The third-order valence-electron chi connectivity index (χ3n) is 3.07. The number of hydrogen-bond donors (Lipinski definition) is 3. The highest BCUT2D eigenvalue weighted by atomic mass is 35.5. The molecule has 2 aromatic rings. The zero-order valence-electron chi connectivity index (χ0n) is 13.0. The summed E-state index contributed by atoms with van der Waals surface area (Å²) in [7, 11) is 0. The number of primary amides is 1. The molecule has 1 aromatic carbocycles. The Labute approximate surface area is 144 Å².